The van der Waals surface area contributed by atoms with Gasteiger partial charge in [0.25, 0.3) is 11.1 Å². The van der Waals surface area contributed by atoms with E-state index in [-0.39, 0.29) is 30.5 Å². The molecule has 6 nitrogen and oxygen atoms in total. The number of carboxylic acid groups (broad SMARTS) is 1. The van der Waals surface area contributed by atoms with Gasteiger partial charge in [0.1, 0.15) is 0 Å². The van der Waals surface area contributed by atoms with Crippen LogP contribution in [-0.2, 0) is 16.6 Å². The molecule has 0 radical (unpaired) electrons. The van der Waals surface area contributed by atoms with Crippen LogP contribution in [0.15, 0.2) is 45.8 Å². The van der Waals surface area contributed by atoms with Crippen LogP contribution in [0.3, 0.4) is 0 Å². The van der Waals surface area contributed by atoms with Gasteiger partial charge in [-0.25, -0.2) is 0 Å². The van der Waals surface area contributed by atoms with Crippen LogP contribution < -0.4 is 0 Å². The fourth-order valence-corrected chi connectivity index (χ4v) is 4.76. The number of carboxylic acids is 1. The van der Waals surface area contributed by atoms with Gasteiger partial charge in [-0.05, 0) is 60.2 Å². The van der Waals surface area contributed by atoms with E-state index in [1.807, 2.05) is 31.3 Å². The molecule has 2 aromatic carbocycles. The minimum absolute atomic E-state index is 0.0753. The number of benzene rings is 2. The molecule has 1 aromatic heterocycles. The molecule has 3 aromatic rings. The number of halogens is 1. The van der Waals surface area contributed by atoms with E-state index in [9.17, 15) is 14.4 Å². The van der Waals surface area contributed by atoms with E-state index in [4.69, 9.17) is 5.11 Å². The zero-order valence-electron chi connectivity index (χ0n) is 15.5. The Hall–Kier alpha value is -2.58. The number of carbonyl (C=O) groups excluding carboxylic acids is 2. The molecule has 29 heavy (non-hydrogen) atoms. The third-order valence-corrected chi connectivity index (χ3v) is 6.34. The van der Waals surface area contributed by atoms with Crippen LogP contribution in [0.1, 0.15) is 18.4 Å². The summed E-state index contributed by atoms with van der Waals surface area (Å²) in [7, 11) is 2.01. The number of imide groups is 1. The molecule has 2 heterocycles. The summed E-state index contributed by atoms with van der Waals surface area (Å²) >= 11 is 4.41. The maximum absolute atomic E-state index is 12.6. The molecule has 148 valence electrons. The molecule has 8 heteroatoms. The number of hydrogen-bond donors (Lipinski definition) is 1. The minimum atomic E-state index is -0.942. The second-order valence-electron chi connectivity index (χ2n) is 6.83. The Morgan fingerprint density at radius 1 is 1.14 bits per heavy atom. The number of rotatable bonds is 5. The Labute approximate surface area is 179 Å². The molecule has 0 bridgehead atoms. The maximum Gasteiger partial charge on any atom is 0.303 e. The fraction of sp³-hybridized carbons (Fsp3) is 0.190. The summed E-state index contributed by atoms with van der Waals surface area (Å²) in [5, 5.41) is 10.6. The minimum Gasteiger partial charge on any atom is -0.481 e. The topological polar surface area (TPSA) is 79.6 Å². The van der Waals surface area contributed by atoms with Gasteiger partial charge in [0.15, 0.2) is 0 Å². The van der Waals surface area contributed by atoms with E-state index in [0.717, 1.165) is 48.5 Å². The van der Waals surface area contributed by atoms with Gasteiger partial charge in [0, 0.05) is 46.3 Å². The van der Waals surface area contributed by atoms with Gasteiger partial charge in [-0.15, -0.1) is 0 Å². The molecule has 0 aliphatic carbocycles. The van der Waals surface area contributed by atoms with E-state index < -0.39 is 5.97 Å². The SMILES string of the molecule is Cn1c2ccc(Br)cc2c2cc(/C=C3/SC(=O)N(CCCC(=O)O)C3=O)ccc21. The molecule has 0 atom stereocenters. The third-order valence-electron chi connectivity index (χ3n) is 4.94. The highest BCUT2D eigenvalue weighted by Crippen LogP contribution is 2.35. The highest BCUT2D eigenvalue weighted by molar-refractivity contribution is 9.10. The van der Waals surface area contributed by atoms with Crippen LogP contribution in [0.4, 0.5) is 4.79 Å². The van der Waals surface area contributed by atoms with Crippen molar-refractivity contribution < 1.29 is 19.5 Å². The fourth-order valence-electron chi connectivity index (χ4n) is 3.53. The molecule has 0 unspecified atom stereocenters. The van der Waals surface area contributed by atoms with Gasteiger partial charge in [0.05, 0.1) is 4.91 Å². The molecule has 4 rings (SSSR count). The van der Waals surface area contributed by atoms with E-state index >= 15 is 0 Å². The smallest absolute Gasteiger partial charge is 0.303 e. The van der Waals surface area contributed by atoms with E-state index in [1.165, 1.54) is 0 Å². The molecule has 1 saturated heterocycles. The summed E-state index contributed by atoms with van der Waals surface area (Å²) in [5.41, 5.74) is 3.03. The summed E-state index contributed by atoms with van der Waals surface area (Å²) in [6.45, 7) is 0.116. The van der Waals surface area contributed by atoms with Crippen molar-refractivity contribution in [3.8, 4) is 0 Å². The average Bonchev–Trinajstić information content (AvgIpc) is 3.09. The number of carbonyl (C=O) groups is 3. The normalized spacial score (nSPS) is 15.9. The first-order valence-electron chi connectivity index (χ1n) is 9.00. The lowest BCUT2D eigenvalue weighted by molar-refractivity contribution is -0.137. The molecular formula is C21H17BrN2O4S. The molecule has 0 saturated carbocycles. The third kappa shape index (κ3) is 3.70. The van der Waals surface area contributed by atoms with Crippen molar-refractivity contribution in [1.29, 1.82) is 0 Å². The van der Waals surface area contributed by atoms with Gasteiger partial charge < -0.3 is 9.67 Å². The molecule has 0 spiro atoms. The molecular weight excluding hydrogens is 456 g/mol. The predicted octanol–water partition coefficient (Wildman–Crippen LogP) is 5.00. The van der Waals surface area contributed by atoms with Crippen molar-refractivity contribution in [3.05, 3.63) is 51.3 Å². The number of nitrogens with zero attached hydrogens (tertiary/aromatic N) is 2. The highest BCUT2D eigenvalue weighted by atomic mass is 79.9. The predicted molar refractivity (Wildman–Crippen MR) is 118 cm³/mol. The zero-order chi connectivity index (χ0) is 20.7. The van der Waals surface area contributed by atoms with Crippen molar-refractivity contribution in [1.82, 2.24) is 9.47 Å². The van der Waals surface area contributed by atoms with Crippen LogP contribution in [0.25, 0.3) is 27.9 Å². The highest BCUT2D eigenvalue weighted by Gasteiger charge is 2.34. The lowest BCUT2D eigenvalue weighted by Gasteiger charge is -2.10. The molecule has 1 aliphatic heterocycles. The number of aliphatic carboxylic acids is 1. The number of amides is 2. The van der Waals surface area contributed by atoms with Crippen molar-refractivity contribution in [2.24, 2.45) is 7.05 Å². The van der Waals surface area contributed by atoms with Gasteiger partial charge in [0.2, 0.25) is 0 Å². The van der Waals surface area contributed by atoms with Gasteiger partial charge in [-0.3, -0.25) is 19.3 Å². The van der Waals surface area contributed by atoms with Crippen LogP contribution >= 0.6 is 27.7 Å². The lowest BCUT2D eigenvalue weighted by atomic mass is 10.1. The summed E-state index contributed by atoms with van der Waals surface area (Å²) in [5.74, 6) is -1.31. The second kappa shape index (κ2) is 7.68. The molecule has 1 N–H and O–H groups in total. The summed E-state index contributed by atoms with van der Waals surface area (Å²) < 4.78 is 3.11. The lowest BCUT2D eigenvalue weighted by Crippen LogP contribution is -2.29. The number of thioether (sulfide) groups is 1. The largest absolute Gasteiger partial charge is 0.481 e. The maximum atomic E-state index is 12.6. The van der Waals surface area contributed by atoms with Crippen molar-refractivity contribution in [3.63, 3.8) is 0 Å². The first-order valence-corrected chi connectivity index (χ1v) is 10.6. The van der Waals surface area contributed by atoms with Crippen molar-refractivity contribution in [2.75, 3.05) is 6.54 Å². The number of hydrogen-bond acceptors (Lipinski definition) is 4. The Bertz CT molecular complexity index is 1210. The molecule has 2 amide bonds. The van der Waals surface area contributed by atoms with Gasteiger partial charge in [-0.2, -0.15) is 0 Å². The number of aromatic nitrogens is 1. The van der Waals surface area contributed by atoms with Crippen LogP contribution in [0, 0.1) is 0 Å². The van der Waals surface area contributed by atoms with E-state index in [2.05, 4.69) is 32.6 Å². The Morgan fingerprint density at radius 3 is 2.55 bits per heavy atom. The quantitative estimate of drug-likeness (QED) is 0.528. The number of fused-ring (bicyclic) bond motifs is 3. The van der Waals surface area contributed by atoms with E-state index in [0.29, 0.717) is 4.91 Å². The van der Waals surface area contributed by atoms with Gasteiger partial charge in [-0.1, -0.05) is 22.0 Å². The van der Waals surface area contributed by atoms with E-state index in [1.54, 1.807) is 6.08 Å². The second-order valence-corrected chi connectivity index (χ2v) is 8.74. The summed E-state index contributed by atoms with van der Waals surface area (Å²) in [6, 6.07) is 12.1. The molecule has 1 aliphatic rings. The Kier molecular flexibility index (Phi) is 5.23. The average molecular weight is 473 g/mol. The first-order chi connectivity index (χ1) is 13.8. The zero-order valence-corrected chi connectivity index (χ0v) is 17.9. The van der Waals surface area contributed by atoms with Gasteiger partial charge >= 0.3 is 5.97 Å². The van der Waals surface area contributed by atoms with Crippen LogP contribution in [-0.4, -0.2) is 38.2 Å². The number of aryl methyl sites for hydroxylation is 1. The molecule has 1 fully saturated rings. The van der Waals surface area contributed by atoms with Crippen molar-refractivity contribution in [2.45, 2.75) is 12.8 Å². The first kappa shape index (κ1) is 19.7. The monoisotopic (exact) mass is 472 g/mol. The standard InChI is InChI=1S/C21H17BrN2O4S/c1-23-16-6-4-12(9-14(16)15-11-13(22)5-7-17(15)23)10-18-20(27)24(21(28)29-18)8-2-3-19(25)26/h4-7,9-11H,2-3,8H2,1H3,(H,25,26)/b18-10+. The summed E-state index contributed by atoms with van der Waals surface area (Å²) in [4.78, 5) is 36.9. The van der Waals surface area contributed by atoms with Crippen LogP contribution in [0.2, 0.25) is 0 Å². The summed E-state index contributed by atoms with van der Waals surface area (Å²) in [6.07, 6.45) is 1.89. The van der Waals surface area contributed by atoms with Crippen LogP contribution in [0.5, 0.6) is 0 Å². The van der Waals surface area contributed by atoms with Crippen molar-refractivity contribution >= 4 is 72.7 Å². The Morgan fingerprint density at radius 2 is 1.83 bits per heavy atom. The Balaban J connectivity index is 1.66.